The van der Waals surface area contributed by atoms with E-state index in [-0.39, 0.29) is 16.9 Å². The van der Waals surface area contributed by atoms with Crippen LogP contribution in [0.2, 0.25) is 0 Å². The fourth-order valence-electron chi connectivity index (χ4n) is 2.81. The molecule has 0 atom stereocenters. The average Bonchev–Trinajstić information content (AvgIpc) is 2.69. The molecule has 0 aliphatic rings. The zero-order chi connectivity index (χ0) is 21.9. The van der Waals surface area contributed by atoms with E-state index < -0.39 is 12.5 Å². The van der Waals surface area contributed by atoms with E-state index >= 15 is 0 Å². The van der Waals surface area contributed by atoms with Crippen molar-refractivity contribution in [1.82, 2.24) is 14.5 Å². The van der Waals surface area contributed by atoms with E-state index in [0.29, 0.717) is 33.4 Å². The van der Waals surface area contributed by atoms with Crippen LogP contribution in [0.5, 0.6) is 5.75 Å². The van der Waals surface area contributed by atoms with Crippen molar-refractivity contribution in [3.63, 3.8) is 0 Å². The van der Waals surface area contributed by atoms with Crippen molar-refractivity contribution in [2.75, 3.05) is 12.4 Å². The Morgan fingerprint density at radius 1 is 1.20 bits per heavy atom. The van der Waals surface area contributed by atoms with Crippen LogP contribution in [0.25, 0.3) is 16.9 Å². The molecule has 0 saturated carbocycles. The van der Waals surface area contributed by atoms with Gasteiger partial charge >= 0.3 is 0 Å². The molecule has 3 aromatic rings. The second-order valence-electron chi connectivity index (χ2n) is 6.74. The van der Waals surface area contributed by atoms with E-state index in [9.17, 15) is 18.4 Å². The van der Waals surface area contributed by atoms with E-state index in [1.807, 2.05) is 6.92 Å². The molecule has 0 aliphatic heterocycles. The molecule has 0 aliphatic carbocycles. The molecule has 0 bridgehead atoms. The van der Waals surface area contributed by atoms with E-state index in [2.05, 4.69) is 9.97 Å². The van der Waals surface area contributed by atoms with Gasteiger partial charge in [-0.1, -0.05) is 18.7 Å². The highest BCUT2D eigenvalue weighted by molar-refractivity contribution is 7.99. The lowest BCUT2D eigenvalue weighted by atomic mass is 10.1. The molecule has 158 valence electrons. The first-order valence-corrected chi connectivity index (χ1v) is 10.2. The molecule has 30 heavy (non-hydrogen) atoms. The Morgan fingerprint density at radius 3 is 2.50 bits per heavy atom. The van der Waals surface area contributed by atoms with E-state index in [1.54, 1.807) is 25.1 Å². The SMILES string of the molecule is CCSc1nc(-c2cc[nH]c(=O)c2)c(C)c(=O)n1-c1ccc(OCC(C)(F)F)cc1. The third kappa shape index (κ3) is 4.96. The van der Waals surface area contributed by atoms with Gasteiger partial charge in [-0.15, -0.1) is 0 Å². The predicted molar refractivity (Wildman–Crippen MR) is 113 cm³/mol. The van der Waals surface area contributed by atoms with Crippen molar-refractivity contribution < 1.29 is 13.5 Å². The monoisotopic (exact) mass is 433 g/mol. The van der Waals surface area contributed by atoms with Gasteiger partial charge in [0.1, 0.15) is 5.75 Å². The summed E-state index contributed by atoms with van der Waals surface area (Å²) in [5.74, 6) is -1.98. The molecule has 0 saturated heterocycles. The number of benzene rings is 1. The maximum Gasteiger partial charge on any atom is 0.278 e. The summed E-state index contributed by atoms with van der Waals surface area (Å²) in [6.07, 6.45) is 1.51. The number of ether oxygens (including phenoxy) is 1. The third-order valence-electron chi connectivity index (χ3n) is 4.19. The summed E-state index contributed by atoms with van der Waals surface area (Å²) >= 11 is 1.39. The molecule has 0 fully saturated rings. The smallest absolute Gasteiger partial charge is 0.278 e. The van der Waals surface area contributed by atoms with E-state index in [4.69, 9.17) is 4.74 Å². The van der Waals surface area contributed by atoms with Gasteiger partial charge in [-0.2, -0.15) is 0 Å². The normalized spacial score (nSPS) is 11.5. The minimum atomic E-state index is -2.93. The minimum Gasteiger partial charge on any atom is -0.487 e. The van der Waals surface area contributed by atoms with E-state index in [1.165, 1.54) is 40.7 Å². The number of rotatable bonds is 7. The second kappa shape index (κ2) is 8.83. The highest BCUT2D eigenvalue weighted by atomic mass is 32.2. The van der Waals surface area contributed by atoms with Crippen molar-refractivity contribution in [3.05, 3.63) is 68.9 Å². The van der Waals surface area contributed by atoms with Gasteiger partial charge in [-0.3, -0.25) is 14.2 Å². The number of hydrogen-bond donors (Lipinski definition) is 1. The summed E-state index contributed by atoms with van der Waals surface area (Å²) in [4.78, 5) is 32.0. The lowest BCUT2D eigenvalue weighted by molar-refractivity contribution is -0.0229. The van der Waals surface area contributed by atoms with Crippen LogP contribution in [0, 0.1) is 6.92 Å². The molecule has 6 nitrogen and oxygen atoms in total. The molecule has 9 heteroatoms. The van der Waals surface area contributed by atoms with Crippen LogP contribution in [-0.4, -0.2) is 32.8 Å². The van der Waals surface area contributed by atoms with Crippen LogP contribution in [0.15, 0.2) is 57.3 Å². The Kier molecular flexibility index (Phi) is 6.40. The Morgan fingerprint density at radius 2 is 1.90 bits per heavy atom. The first-order chi connectivity index (χ1) is 14.2. The number of nitrogens with zero attached hydrogens (tertiary/aromatic N) is 2. The molecule has 3 rings (SSSR count). The Hall–Kier alpha value is -2.94. The van der Waals surface area contributed by atoms with Gasteiger partial charge in [0.25, 0.3) is 11.5 Å². The highest BCUT2D eigenvalue weighted by Crippen LogP contribution is 2.25. The molecule has 0 spiro atoms. The first-order valence-electron chi connectivity index (χ1n) is 9.26. The quantitative estimate of drug-likeness (QED) is 0.450. The summed E-state index contributed by atoms with van der Waals surface area (Å²) < 4.78 is 32.5. The van der Waals surface area contributed by atoms with Crippen molar-refractivity contribution in [3.8, 4) is 22.7 Å². The number of pyridine rings is 1. The lowest BCUT2D eigenvalue weighted by Crippen LogP contribution is -2.25. The maximum absolute atomic E-state index is 13.2. The minimum absolute atomic E-state index is 0.273. The predicted octanol–water partition coefficient (Wildman–Crippen LogP) is 4.04. The summed E-state index contributed by atoms with van der Waals surface area (Å²) in [6, 6.07) is 9.41. The summed E-state index contributed by atoms with van der Waals surface area (Å²) in [7, 11) is 0. The van der Waals surface area contributed by atoms with Gasteiger partial charge in [-0.25, -0.2) is 13.8 Å². The van der Waals surface area contributed by atoms with Crippen LogP contribution >= 0.6 is 11.8 Å². The highest BCUT2D eigenvalue weighted by Gasteiger charge is 2.22. The van der Waals surface area contributed by atoms with Crippen LogP contribution < -0.4 is 15.9 Å². The molecule has 1 N–H and O–H groups in total. The van der Waals surface area contributed by atoms with Gasteiger partial charge in [0.2, 0.25) is 5.56 Å². The number of aromatic amines is 1. The Labute approximate surface area is 175 Å². The van der Waals surface area contributed by atoms with Crippen molar-refractivity contribution in [2.45, 2.75) is 31.9 Å². The van der Waals surface area contributed by atoms with Gasteiger partial charge < -0.3 is 9.72 Å². The van der Waals surface area contributed by atoms with Crippen LogP contribution in [0.1, 0.15) is 19.4 Å². The van der Waals surface area contributed by atoms with Crippen LogP contribution in [-0.2, 0) is 0 Å². The fourth-order valence-corrected chi connectivity index (χ4v) is 3.54. The zero-order valence-corrected chi connectivity index (χ0v) is 17.6. The number of nitrogens with one attached hydrogen (secondary N) is 1. The topological polar surface area (TPSA) is 77.0 Å². The van der Waals surface area contributed by atoms with Crippen LogP contribution in [0.3, 0.4) is 0 Å². The van der Waals surface area contributed by atoms with Gasteiger partial charge in [0.15, 0.2) is 11.8 Å². The van der Waals surface area contributed by atoms with Gasteiger partial charge in [-0.05, 0) is 43.0 Å². The fraction of sp³-hybridized carbons (Fsp3) is 0.286. The first kappa shape index (κ1) is 21.8. The third-order valence-corrected chi connectivity index (χ3v) is 5.01. The number of hydrogen-bond acceptors (Lipinski definition) is 5. The number of alkyl halides is 2. The van der Waals surface area contributed by atoms with E-state index in [0.717, 1.165) is 6.92 Å². The van der Waals surface area contributed by atoms with Crippen molar-refractivity contribution in [2.24, 2.45) is 0 Å². The number of halogens is 2. The summed E-state index contributed by atoms with van der Waals surface area (Å²) in [5, 5.41) is 0.470. The summed E-state index contributed by atoms with van der Waals surface area (Å²) in [5.41, 5.74) is 1.39. The maximum atomic E-state index is 13.2. The molecule has 2 aromatic heterocycles. The zero-order valence-electron chi connectivity index (χ0n) is 16.7. The van der Waals surface area contributed by atoms with Gasteiger partial charge in [0, 0.05) is 30.3 Å². The number of H-pyrrole nitrogens is 1. The molecular formula is C21H21F2N3O3S. The largest absolute Gasteiger partial charge is 0.487 e. The standard InChI is InChI=1S/C21H21F2N3O3S/c1-4-30-20-25-18(14-9-10-24-17(27)11-14)13(2)19(28)26(20)15-5-7-16(8-6-15)29-12-21(3,22)23/h5-11H,4,12H2,1-3H3,(H,24,27). The second-order valence-corrected chi connectivity index (χ2v) is 7.97. The molecule has 0 radical (unpaired) electrons. The molecular weight excluding hydrogens is 412 g/mol. The number of aromatic nitrogens is 3. The van der Waals surface area contributed by atoms with Crippen molar-refractivity contribution >= 4 is 11.8 Å². The number of thioether (sulfide) groups is 1. The molecule has 0 unspecified atom stereocenters. The average molecular weight is 433 g/mol. The molecule has 0 amide bonds. The van der Waals surface area contributed by atoms with Crippen LogP contribution in [0.4, 0.5) is 8.78 Å². The summed E-state index contributed by atoms with van der Waals surface area (Å²) in [6.45, 7) is 3.65. The molecule has 2 heterocycles. The molecule has 1 aromatic carbocycles. The van der Waals surface area contributed by atoms with Crippen molar-refractivity contribution in [1.29, 1.82) is 0 Å². The Bertz CT molecular complexity index is 1150. The van der Waals surface area contributed by atoms with Gasteiger partial charge in [0.05, 0.1) is 11.4 Å². The lowest BCUT2D eigenvalue weighted by Gasteiger charge is -2.16. The Balaban J connectivity index is 2.05.